The van der Waals surface area contributed by atoms with Gasteiger partial charge in [-0.1, -0.05) is 51.5 Å². The van der Waals surface area contributed by atoms with Crippen LogP contribution in [0.2, 0.25) is 0 Å². The summed E-state index contributed by atoms with van der Waals surface area (Å²) in [6, 6.07) is -0.583. The monoisotopic (exact) mass is 465 g/mol. The Hall–Kier alpha value is -1.11. The van der Waals surface area contributed by atoms with Gasteiger partial charge in [-0.05, 0) is 56.3 Å². The number of fused-ring (bicyclic) bond motifs is 1. The third-order valence-electron chi connectivity index (χ3n) is 8.19. The number of hydrogen-bond donors (Lipinski definition) is 3. The molecule has 2 rings (SSSR count). The molecular formula is C26H43NO4S. The Balaban J connectivity index is 2.33. The Morgan fingerprint density at radius 3 is 2.44 bits per heavy atom. The van der Waals surface area contributed by atoms with E-state index in [1.807, 2.05) is 13.0 Å². The number of rotatable bonds is 9. The van der Waals surface area contributed by atoms with Crippen LogP contribution in [0, 0.1) is 22.7 Å². The van der Waals surface area contributed by atoms with Crippen molar-refractivity contribution in [2.24, 2.45) is 22.7 Å². The van der Waals surface area contributed by atoms with Crippen molar-refractivity contribution in [2.45, 2.75) is 91.4 Å². The number of allylic oxidation sites excluding steroid dienone is 3. The number of nitrogens with one attached hydrogen (secondary N) is 1. The van der Waals surface area contributed by atoms with Crippen LogP contribution in [-0.2, 0) is 9.59 Å². The van der Waals surface area contributed by atoms with Gasteiger partial charge in [0.2, 0.25) is 5.91 Å². The molecule has 0 radical (unpaired) electrons. The summed E-state index contributed by atoms with van der Waals surface area (Å²) in [5.41, 5.74) is -0.175. The van der Waals surface area contributed by atoms with Gasteiger partial charge in [0.15, 0.2) is 5.78 Å². The molecule has 2 aliphatic carbocycles. The van der Waals surface area contributed by atoms with Gasteiger partial charge >= 0.3 is 0 Å². The van der Waals surface area contributed by atoms with E-state index in [9.17, 15) is 19.8 Å². The highest BCUT2D eigenvalue weighted by molar-refractivity contribution is 7.99. The number of carbonyl (C=O) groups excluding carboxylic acids is 2. The van der Waals surface area contributed by atoms with Crippen molar-refractivity contribution in [3.63, 3.8) is 0 Å². The molecule has 6 atom stereocenters. The molecule has 0 aromatic rings. The molecule has 0 heterocycles. The number of hydrogen-bond acceptors (Lipinski definition) is 5. The predicted molar refractivity (Wildman–Crippen MR) is 132 cm³/mol. The van der Waals surface area contributed by atoms with Gasteiger partial charge in [-0.2, -0.15) is 11.8 Å². The molecule has 3 N–H and O–H groups in total. The summed E-state index contributed by atoms with van der Waals surface area (Å²) >= 11 is 1.44. The highest BCUT2D eigenvalue weighted by atomic mass is 32.2. The van der Waals surface area contributed by atoms with E-state index in [0.29, 0.717) is 30.3 Å². The van der Waals surface area contributed by atoms with Crippen LogP contribution in [0.1, 0.15) is 73.6 Å². The van der Waals surface area contributed by atoms with Crippen molar-refractivity contribution in [3.05, 3.63) is 24.3 Å². The maximum absolute atomic E-state index is 12.0. The van der Waals surface area contributed by atoms with Crippen LogP contribution >= 0.6 is 11.8 Å². The van der Waals surface area contributed by atoms with Gasteiger partial charge in [0.25, 0.3) is 0 Å². The number of ketones is 1. The minimum Gasteiger partial charge on any atom is -0.390 e. The number of aliphatic hydroxyl groups excluding tert-OH is 1. The van der Waals surface area contributed by atoms with Gasteiger partial charge in [-0.15, -0.1) is 0 Å². The van der Waals surface area contributed by atoms with Crippen LogP contribution < -0.4 is 5.32 Å². The van der Waals surface area contributed by atoms with Gasteiger partial charge in [-0.3, -0.25) is 9.59 Å². The first-order valence-corrected chi connectivity index (χ1v) is 13.0. The van der Waals surface area contributed by atoms with Crippen molar-refractivity contribution in [2.75, 3.05) is 11.5 Å². The third-order valence-corrected chi connectivity index (χ3v) is 9.43. The zero-order valence-corrected chi connectivity index (χ0v) is 21.6. The minimum atomic E-state index is -1.27. The number of Topliss-reactive ketones (excluding diaryl/α,β-unsaturated/α-hetero) is 1. The molecule has 6 heteroatoms. The van der Waals surface area contributed by atoms with Crippen molar-refractivity contribution in [3.8, 4) is 0 Å². The van der Waals surface area contributed by atoms with Crippen LogP contribution in [0.5, 0.6) is 0 Å². The number of amides is 1. The summed E-state index contributed by atoms with van der Waals surface area (Å²) < 4.78 is 0. The smallest absolute Gasteiger partial charge is 0.217 e. The summed E-state index contributed by atoms with van der Waals surface area (Å²) in [7, 11) is 0. The Morgan fingerprint density at radius 1 is 1.22 bits per heavy atom. The van der Waals surface area contributed by atoms with E-state index in [0.717, 1.165) is 24.8 Å². The topological polar surface area (TPSA) is 86.6 Å². The van der Waals surface area contributed by atoms with Crippen molar-refractivity contribution in [1.29, 1.82) is 0 Å². The molecule has 2 saturated carbocycles. The van der Waals surface area contributed by atoms with E-state index in [4.69, 9.17) is 0 Å². The average molecular weight is 466 g/mol. The molecule has 182 valence electrons. The van der Waals surface area contributed by atoms with E-state index < -0.39 is 17.7 Å². The van der Waals surface area contributed by atoms with Crippen molar-refractivity contribution < 1.29 is 19.8 Å². The summed E-state index contributed by atoms with van der Waals surface area (Å²) in [5.74, 6) is 0.574. The number of carbonyl (C=O) groups is 2. The highest BCUT2D eigenvalue weighted by Gasteiger charge is 2.62. The first-order chi connectivity index (χ1) is 14.8. The summed E-state index contributed by atoms with van der Waals surface area (Å²) in [6.07, 6.45) is 7.68. The molecule has 0 spiro atoms. The van der Waals surface area contributed by atoms with Gasteiger partial charge < -0.3 is 15.5 Å². The number of aliphatic hydroxyl groups is 2. The fourth-order valence-electron chi connectivity index (χ4n) is 6.31. The summed E-state index contributed by atoms with van der Waals surface area (Å²) in [6.45, 7) is 15.6. The fourth-order valence-corrected chi connectivity index (χ4v) is 7.70. The first kappa shape index (κ1) is 27.1. The van der Waals surface area contributed by atoms with Crippen LogP contribution in [0.15, 0.2) is 24.3 Å². The van der Waals surface area contributed by atoms with E-state index in [1.165, 1.54) is 25.6 Å². The zero-order valence-electron chi connectivity index (χ0n) is 20.7. The molecule has 2 aliphatic rings. The fraction of sp³-hybridized carbons (Fsp3) is 0.769. The quantitative estimate of drug-likeness (QED) is 0.443. The molecule has 5 nitrogen and oxygen atoms in total. The third kappa shape index (κ3) is 5.68. The Kier molecular flexibility index (Phi) is 8.85. The summed E-state index contributed by atoms with van der Waals surface area (Å²) in [5, 5.41) is 26.0. The lowest BCUT2D eigenvalue weighted by Crippen LogP contribution is -2.65. The molecule has 2 fully saturated rings. The Labute approximate surface area is 198 Å². The second-order valence-electron chi connectivity index (χ2n) is 11.0. The average Bonchev–Trinajstić information content (AvgIpc) is 2.68. The maximum Gasteiger partial charge on any atom is 0.217 e. The molecule has 0 saturated heterocycles. The van der Waals surface area contributed by atoms with Gasteiger partial charge in [-0.25, -0.2) is 0 Å². The molecular weight excluding hydrogens is 422 g/mol. The Bertz CT molecular complexity index is 748. The standard InChI is InChI=1S/C26H43NO4S/c1-8-17(2)10-11-21-25(7)13-9-12-24(5,6)22(25)14-23(30)26(21,31)16-32-15-20(18(3)28)27-19(4)29/h8,10,20-23,30-31H,1,9,11-16H2,2-7H3,(H,27,29)/b17-10+/t20-,21+,22-,23-,25+,26-/m0/s1. The second-order valence-corrected chi connectivity index (χ2v) is 12.0. The normalized spacial score (nSPS) is 35.5. The van der Waals surface area contributed by atoms with Gasteiger partial charge in [0, 0.05) is 24.3 Å². The molecule has 0 unspecified atom stereocenters. The highest BCUT2D eigenvalue weighted by Crippen LogP contribution is 2.63. The first-order valence-electron chi connectivity index (χ1n) is 11.8. The molecule has 0 bridgehead atoms. The largest absolute Gasteiger partial charge is 0.390 e. The SMILES string of the molecule is C=C/C(C)=C/C[C@@H]1[C@@]2(C)CCCC(C)(C)[C@@H]2C[C@H](O)[C@]1(O)CSC[C@H](NC(C)=O)C(C)=O. The molecule has 32 heavy (non-hydrogen) atoms. The lowest BCUT2D eigenvalue weighted by atomic mass is 9.44. The predicted octanol–water partition coefficient (Wildman–Crippen LogP) is 4.28. The zero-order chi connectivity index (χ0) is 24.3. The van der Waals surface area contributed by atoms with Crippen LogP contribution in [0.4, 0.5) is 0 Å². The van der Waals surface area contributed by atoms with E-state index in [-0.39, 0.29) is 28.4 Å². The lowest BCUT2D eigenvalue weighted by molar-refractivity contribution is -0.215. The molecule has 0 aromatic heterocycles. The molecule has 1 amide bonds. The maximum atomic E-state index is 12.0. The van der Waals surface area contributed by atoms with Crippen LogP contribution in [0.3, 0.4) is 0 Å². The van der Waals surface area contributed by atoms with Gasteiger partial charge in [0.1, 0.15) is 5.60 Å². The Morgan fingerprint density at radius 2 is 1.88 bits per heavy atom. The minimum absolute atomic E-state index is 0.0914. The number of thioether (sulfide) groups is 1. The van der Waals surface area contributed by atoms with E-state index in [1.54, 1.807) is 0 Å². The van der Waals surface area contributed by atoms with Gasteiger partial charge in [0.05, 0.1) is 12.1 Å². The van der Waals surface area contributed by atoms with Crippen molar-refractivity contribution >= 4 is 23.5 Å². The molecule has 0 aromatic carbocycles. The van der Waals surface area contributed by atoms with E-state index >= 15 is 0 Å². The van der Waals surface area contributed by atoms with Crippen LogP contribution in [-0.4, -0.2) is 51.2 Å². The molecule has 0 aliphatic heterocycles. The van der Waals surface area contributed by atoms with Crippen LogP contribution in [0.25, 0.3) is 0 Å². The second kappa shape index (κ2) is 10.4. The van der Waals surface area contributed by atoms with Crippen molar-refractivity contribution in [1.82, 2.24) is 5.32 Å². The summed E-state index contributed by atoms with van der Waals surface area (Å²) in [4.78, 5) is 23.4. The van der Waals surface area contributed by atoms with E-state index in [2.05, 4.69) is 38.7 Å². The lowest BCUT2D eigenvalue weighted by Gasteiger charge is -2.63.